The van der Waals surface area contributed by atoms with Crippen molar-refractivity contribution in [3.8, 4) is 0 Å². The van der Waals surface area contributed by atoms with Gasteiger partial charge in [0.2, 0.25) is 5.79 Å². The van der Waals surface area contributed by atoms with E-state index in [-0.39, 0.29) is 13.2 Å². The molecule has 0 aliphatic carbocycles. The number of carbonyl (C=O) groups is 1. The van der Waals surface area contributed by atoms with E-state index in [0.29, 0.717) is 0 Å². The van der Waals surface area contributed by atoms with E-state index < -0.39 is 29.6 Å². The van der Waals surface area contributed by atoms with Crippen LogP contribution in [0.4, 0.5) is 0 Å². The maximum absolute atomic E-state index is 11.5. The number of aliphatic hydroxyl groups is 2. The maximum atomic E-state index is 11.5. The summed E-state index contributed by atoms with van der Waals surface area (Å²) in [6.07, 6.45) is -0.975. The number of carbonyl (C=O) groups excluding carboxylic acids is 1. The third-order valence-electron chi connectivity index (χ3n) is 2.76. The zero-order chi connectivity index (χ0) is 13.3. The Balaban J connectivity index is 2.71. The molecule has 0 spiro atoms. The first-order valence-corrected chi connectivity index (χ1v) is 5.64. The number of hydrogen-bond acceptors (Lipinski definition) is 6. The van der Waals surface area contributed by atoms with E-state index in [4.69, 9.17) is 14.2 Å². The second-order valence-corrected chi connectivity index (χ2v) is 4.57. The van der Waals surface area contributed by atoms with Crippen LogP contribution in [0, 0.1) is 5.92 Å². The molecule has 0 bridgehead atoms. The molecule has 0 saturated carbocycles. The molecule has 0 aromatic heterocycles. The molecule has 1 heterocycles. The van der Waals surface area contributed by atoms with Crippen LogP contribution in [-0.2, 0) is 19.0 Å². The highest BCUT2D eigenvalue weighted by Gasteiger charge is 2.50. The van der Waals surface area contributed by atoms with Gasteiger partial charge in [0.1, 0.15) is 12.0 Å². The lowest BCUT2D eigenvalue weighted by Gasteiger charge is -2.31. The maximum Gasteiger partial charge on any atom is 0.314 e. The molecule has 0 radical (unpaired) electrons. The highest BCUT2D eigenvalue weighted by atomic mass is 16.8. The molecule has 17 heavy (non-hydrogen) atoms. The van der Waals surface area contributed by atoms with Gasteiger partial charge in [-0.15, -0.1) is 0 Å². The minimum Gasteiger partial charge on any atom is -0.466 e. The fourth-order valence-electron chi connectivity index (χ4n) is 1.62. The van der Waals surface area contributed by atoms with Gasteiger partial charge in [0.15, 0.2) is 5.79 Å². The van der Waals surface area contributed by atoms with Crippen molar-refractivity contribution in [2.45, 2.75) is 45.4 Å². The molecule has 6 heteroatoms. The molecule has 1 rings (SSSR count). The summed E-state index contributed by atoms with van der Waals surface area (Å²) >= 11 is 0. The van der Waals surface area contributed by atoms with Gasteiger partial charge in [-0.25, -0.2) is 0 Å². The van der Waals surface area contributed by atoms with E-state index in [2.05, 4.69) is 0 Å². The monoisotopic (exact) mass is 248 g/mol. The van der Waals surface area contributed by atoms with E-state index in [1.54, 1.807) is 20.8 Å². The lowest BCUT2D eigenvalue weighted by molar-refractivity contribution is -0.270. The fourth-order valence-corrected chi connectivity index (χ4v) is 1.62. The van der Waals surface area contributed by atoms with Crippen molar-refractivity contribution < 1.29 is 29.2 Å². The van der Waals surface area contributed by atoms with Crippen LogP contribution in [0.15, 0.2) is 0 Å². The van der Waals surface area contributed by atoms with E-state index in [1.807, 2.05) is 0 Å². The summed E-state index contributed by atoms with van der Waals surface area (Å²) in [7, 11) is 0. The Labute approximate surface area is 100 Å². The van der Waals surface area contributed by atoms with Gasteiger partial charge < -0.3 is 24.4 Å². The molecule has 100 valence electrons. The van der Waals surface area contributed by atoms with E-state index in [1.165, 1.54) is 6.92 Å². The van der Waals surface area contributed by atoms with Crippen LogP contribution >= 0.6 is 0 Å². The minimum atomic E-state index is -2.31. The molecular weight excluding hydrogens is 228 g/mol. The molecule has 0 aromatic carbocycles. The van der Waals surface area contributed by atoms with Gasteiger partial charge in [-0.1, -0.05) is 0 Å². The van der Waals surface area contributed by atoms with E-state index >= 15 is 0 Å². The molecule has 0 aromatic rings. The third kappa shape index (κ3) is 3.16. The van der Waals surface area contributed by atoms with E-state index in [9.17, 15) is 15.0 Å². The van der Waals surface area contributed by atoms with Crippen molar-refractivity contribution in [1.29, 1.82) is 0 Å². The minimum absolute atomic E-state index is 0.0176. The van der Waals surface area contributed by atoms with Crippen LogP contribution in [0.1, 0.15) is 27.7 Å². The highest BCUT2D eigenvalue weighted by Crippen LogP contribution is 2.32. The first-order valence-electron chi connectivity index (χ1n) is 5.64. The van der Waals surface area contributed by atoms with Crippen molar-refractivity contribution >= 4 is 5.97 Å². The van der Waals surface area contributed by atoms with Crippen LogP contribution in [0.5, 0.6) is 0 Å². The van der Waals surface area contributed by atoms with Crippen LogP contribution in [-0.4, -0.2) is 47.1 Å². The van der Waals surface area contributed by atoms with Gasteiger partial charge >= 0.3 is 5.97 Å². The summed E-state index contributed by atoms with van der Waals surface area (Å²) in [5.41, 5.74) is 0. The zero-order valence-corrected chi connectivity index (χ0v) is 10.6. The van der Waals surface area contributed by atoms with Crippen LogP contribution < -0.4 is 0 Å². The van der Waals surface area contributed by atoms with Gasteiger partial charge in [-0.2, -0.15) is 0 Å². The fraction of sp³-hybridized carbons (Fsp3) is 0.909. The summed E-state index contributed by atoms with van der Waals surface area (Å²) in [6, 6.07) is 0. The Hall–Kier alpha value is -0.690. The largest absolute Gasteiger partial charge is 0.466 e. The first-order chi connectivity index (χ1) is 7.70. The number of rotatable bonds is 4. The molecule has 2 atom stereocenters. The van der Waals surface area contributed by atoms with E-state index in [0.717, 1.165) is 0 Å². The second-order valence-electron chi connectivity index (χ2n) is 4.57. The molecule has 1 fully saturated rings. The van der Waals surface area contributed by atoms with Crippen LogP contribution in [0.25, 0.3) is 0 Å². The average Bonchev–Trinajstić information content (AvgIpc) is 2.58. The molecule has 0 amide bonds. The van der Waals surface area contributed by atoms with Crippen molar-refractivity contribution in [2.75, 3.05) is 13.2 Å². The van der Waals surface area contributed by atoms with Crippen molar-refractivity contribution in [1.82, 2.24) is 0 Å². The van der Waals surface area contributed by atoms with Crippen molar-refractivity contribution in [2.24, 2.45) is 5.92 Å². The standard InChI is InChI=1S/C11H20O6/c1-5-15-9(12)7(2)11(13,14)8-6-16-10(3,4)17-8/h7-8,13-14H,5-6H2,1-4H3/t7-,8-/m1/s1. The molecule has 2 N–H and O–H groups in total. The molecule has 1 saturated heterocycles. The SMILES string of the molecule is CCOC(=O)[C@@H](C)C(O)(O)[C@H]1COC(C)(C)O1. The first kappa shape index (κ1) is 14.4. The van der Waals surface area contributed by atoms with Gasteiger partial charge in [0, 0.05) is 0 Å². The summed E-state index contributed by atoms with van der Waals surface area (Å²) < 4.78 is 15.3. The smallest absolute Gasteiger partial charge is 0.314 e. The quantitative estimate of drug-likeness (QED) is 0.539. The number of hydrogen-bond donors (Lipinski definition) is 2. The molecule has 0 unspecified atom stereocenters. The number of ether oxygens (including phenoxy) is 3. The molecule has 1 aliphatic heterocycles. The summed E-state index contributed by atoms with van der Waals surface area (Å²) in [4.78, 5) is 11.5. The normalized spacial score (nSPS) is 25.6. The molecular formula is C11H20O6. The average molecular weight is 248 g/mol. The summed E-state index contributed by atoms with van der Waals surface area (Å²) in [5, 5.41) is 19.9. The lowest BCUT2D eigenvalue weighted by atomic mass is 9.96. The Morgan fingerprint density at radius 1 is 1.59 bits per heavy atom. The van der Waals surface area contributed by atoms with Gasteiger partial charge in [0.25, 0.3) is 0 Å². The summed E-state index contributed by atoms with van der Waals surface area (Å²) in [6.45, 7) is 6.57. The summed E-state index contributed by atoms with van der Waals surface area (Å²) in [5.74, 6) is -4.97. The predicted octanol–water partition coefficient (Wildman–Crippen LogP) is 0.0180. The number of esters is 1. The zero-order valence-electron chi connectivity index (χ0n) is 10.6. The topological polar surface area (TPSA) is 85.2 Å². The predicted molar refractivity (Wildman–Crippen MR) is 57.9 cm³/mol. The molecule has 1 aliphatic rings. The molecule has 6 nitrogen and oxygen atoms in total. The Morgan fingerprint density at radius 2 is 2.18 bits per heavy atom. The van der Waals surface area contributed by atoms with Gasteiger partial charge in [-0.3, -0.25) is 4.79 Å². The highest BCUT2D eigenvalue weighted by molar-refractivity contribution is 5.73. The Morgan fingerprint density at radius 3 is 2.59 bits per heavy atom. The van der Waals surface area contributed by atoms with Crippen molar-refractivity contribution in [3.63, 3.8) is 0 Å². The third-order valence-corrected chi connectivity index (χ3v) is 2.76. The van der Waals surface area contributed by atoms with Crippen molar-refractivity contribution in [3.05, 3.63) is 0 Å². The lowest BCUT2D eigenvalue weighted by Crippen LogP contribution is -2.52. The van der Waals surface area contributed by atoms with Gasteiger partial charge in [-0.05, 0) is 27.7 Å². The van der Waals surface area contributed by atoms with Crippen LogP contribution in [0.2, 0.25) is 0 Å². The van der Waals surface area contributed by atoms with Crippen LogP contribution in [0.3, 0.4) is 0 Å². The Kier molecular flexibility index (Phi) is 4.14. The second kappa shape index (κ2) is 4.89. The Bertz CT molecular complexity index is 286. The van der Waals surface area contributed by atoms with Gasteiger partial charge in [0.05, 0.1) is 13.2 Å².